The first kappa shape index (κ1) is 11.6. The van der Waals surface area contributed by atoms with Gasteiger partial charge in [0.25, 0.3) is 0 Å². The van der Waals surface area contributed by atoms with E-state index in [1.165, 1.54) is 11.3 Å². The lowest BCUT2D eigenvalue weighted by Gasteiger charge is -2.01. The number of aryl methyl sites for hydroxylation is 1. The molecule has 0 aliphatic rings. The summed E-state index contributed by atoms with van der Waals surface area (Å²) in [6.07, 6.45) is 0.128. The number of carbonyl (C=O) groups excluding carboxylic acids is 2. The van der Waals surface area contributed by atoms with Crippen molar-refractivity contribution in [3.63, 3.8) is 0 Å². The van der Waals surface area contributed by atoms with E-state index in [2.05, 4.69) is 15.3 Å². The van der Waals surface area contributed by atoms with E-state index in [-0.39, 0.29) is 18.9 Å². The Hall–Kier alpha value is -1.47. The molecule has 1 aromatic heterocycles. The van der Waals surface area contributed by atoms with E-state index in [4.69, 9.17) is 5.73 Å². The van der Waals surface area contributed by atoms with Crippen LogP contribution in [-0.2, 0) is 20.8 Å². The van der Waals surface area contributed by atoms with Crippen LogP contribution in [0.5, 0.6) is 0 Å². The number of hydrogen-bond donors (Lipinski definition) is 2. The van der Waals surface area contributed by atoms with E-state index >= 15 is 0 Å². The fourth-order valence-electron chi connectivity index (χ4n) is 0.878. The molecule has 0 aliphatic heterocycles. The van der Waals surface area contributed by atoms with Gasteiger partial charge in [-0.1, -0.05) is 0 Å². The Morgan fingerprint density at radius 1 is 1.67 bits per heavy atom. The van der Waals surface area contributed by atoms with Crippen molar-refractivity contribution in [3.8, 4) is 0 Å². The lowest BCUT2D eigenvalue weighted by Crippen LogP contribution is -2.30. The number of nitrogens with one attached hydrogen (secondary N) is 1. The highest BCUT2D eigenvalue weighted by atomic mass is 32.1. The summed E-state index contributed by atoms with van der Waals surface area (Å²) >= 11 is 1.47. The quantitative estimate of drug-likeness (QED) is 0.667. The third-order valence-electron chi connectivity index (χ3n) is 1.41. The molecule has 0 radical (unpaired) electrons. The van der Waals surface area contributed by atoms with Crippen LogP contribution in [0, 0.1) is 6.92 Å². The molecule has 0 spiro atoms. The SMILES string of the molecule is Cc1nc(CC(=O)NOCC(N)=O)cs1. The first-order valence-corrected chi connectivity index (χ1v) is 5.06. The largest absolute Gasteiger partial charge is 0.368 e. The van der Waals surface area contributed by atoms with E-state index in [1.807, 2.05) is 6.92 Å². The van der Waals surface area contributed by atoms with Crippen LogP contribution in [0.15, 0.2) is 5.38 Å². The zero-order valence-corrected chi connectivity index (χ0v) is 8.97. The van der Waals surface area contributed by atoms with Gasteiger partial charge in [0, 0.05) is 5.38 Å². The number of rotatable bonds is 5. The van der Waals surface area contributed by atoms with Gasteiger partial charge in [-0.25, -0.2) is 10.5 Å². The van der Waals surface area contributed by atoms with Crippen LogP contribution in [0.3, 0.4) is 0 Å². The van der Waals surface area contributed by atoms with E-state index in [0.717, 1.165) is 5.01 Å². The van der Waals surface area contributed by atoms with Crippen LogP contribution in [0.25, 0.3) is 0 Å². The zero-order chi connectivity index (χ0) is 11.3. The zero-order valence-electron chi connectivity index (χ0n) is 8.15. The molecule has 0 atom stereocenters. The molecule has 0 aromatic carbocycles. The van der Waals surface area contributed by atoms with Crippen LogP contribution in [-0.4, -0.2) is 23.4 Å². The molecule has 15 heavy (non-hydrogen) atoms. The molecule has 0 aliphatic carbocycles. The van der Waals surface area contributed by atoms with Gasteiger partial charge in [-0.3, -0.25) is 14.4 Å². The van der Waals surface area contributed by atoms with Crippen LogP contribution < -0.4 is 11.2 Å². The maximum atomic E-state index is 11.2. The number of carbonyl (C=O) groups is 2. The Bertz CT molecular complexity index is 364. The Balaban J connectivity index is 2.27. The van der Waals surface area contributed by atoms with E-state index in [9.17, 15) is 9.59 Å². The summed E-state index contributed by atoms with van der Waals surface area (Å²) in [5, 5.41) is 2.69. The van der Waals surface area contributed by atoms with Gasteiger partial charge in [0.2, 0.25) is 11.8 Å². The number of aromatic nitrogens is 1. The van der Waals surface area contributed by atoms with Crippen LogP contribution in [0.1, 0.15) is 10.7 Å². The fraction of sp³-hybridized carbons (Fsp3) is 0.375. The fourth-order valence-corrected chi connectivity index (χ4v) is 1.49. The van der Waals surface area contributed by atoms with E-state index < -0.39 is 5.91 Å². The summed E-state index contributed by atoms with van der Waals surface area (Å²) < 4.78 is 0. The first-order chi connectivity index (χ1) is 7.08. The third kappa shape index (κ3) is 4.52. The van der Waals surface area contributed by atoms with Crippen molar-refractivity contribution in [2.45, 2.75) is 13.3 Å². The van der Waals surface area contributed by atoms with Gasteiger partial charge in [-0.05, 0) is 6.92 Å². The summed E-state index contributed by atoms with van der Waals surface area (Å²) in [7, 11) is 0. The highest BCUT2D eigenvalue weighted by Crippen LogP contribution is 2.07. The standard InChI is InChI=1S/C8H11N3O3S/c1-5-10-6(4-15-5)2-8(13)11-14-3-7(9)12/h4H,2-3H2,1H3,(H2,9,12)(H,11,13). The second kappa shape index (κ2) is 5.42. The van der Waals surface area contributed by atoms with Gasteiger partial charge in [-0.15, -0.1) is 11.3 Å². The number of thiazole rings is 1. The minimum Gasteiger partial charge on any atom is -0.368 e. The van der Waals surface area contributed by atoms with Gasteiger partial charge >= 0.3 is 0 Å². The number of hydroxylamine groups is 1. The van der Waals surface area contributed by atoms with Gasteiger partial charge in [0.1, 0.15) is 0 Å². The smallest absolute Gasteiger partial charge is 0.249 e. The highest BCUT2D eigenvalue weighted by Gasteiger charge is 2.06. The molecule has 1 aromatic rings. The van der Waals surface area contributed by atoms with Crippen molar-refractivity contribution < 1.29 is 14.4 Å². The van der Waals surface area contributed by atoms with Gasteiger partial charge in [-0.2, -0.15) is 0 Å². The lowest BCUT2D eigenvalue weighted by atomic mass is 10.3. The minimum atomic E-state index is -0.639. The first-order valence-electron chi connectivity index (χ1n) is 4.18. The topological polar surface area (TPSA) is 94.3 Å². The monoisotopic (exact) mass is 229 g/mol. The van der Waals surface area contributed by atoms with Gasteiger partial charge in [0.15, 0.2) is 6.61 Å². The molecule has 1 heterocycles. The number of hydrogen-bond acceptors (Lipinski definition) is 5. The molecule has 82 valence electrons. The third-order valence-corrected chi connectivity index (χ3v) is 2.23. The molecule has 0 unspecified atom stereocenters. The van der Waals surface area contributed by atoms with Crippen molar-refractivity contribution in [2.75, 3.05) is 6.61 Å². The predicted octanol–water partition coefficient (Wildman–Crippen LogP) is -0.473. The average Bonchev–Trinajstić information content (AvgIpc) is 2.50. The number of primary amides is 1. The van der Waals surface area contributed by atoms with Crippen molar-refractivity contribution in [3.05, 3.63) is 16.1 Å². The molecule has 0 saturated carbocycles. The van der Waals surface area contributed by atoms with Crippen LogP contribution in [0.4, 0.5) is 0 Å². The molecule has 3 N–H and O–H groups in total. The molecular weight excluding hydrogens is 218 g/mol. The molecule has 0 saturated heterocycles. The lowest BCUT2D eigenvalue weighted by molar-refractivity contribution is -0.137. The highest BCUT2D eigenvalue weighted by molar-refractivity contribution is 7.09. The maximum Gasteiger partial charge on any atom is 0.249 e. The van der Waals surface area contributed by atoms with E-state index in [0.29, 0.717) is 5.69 Å². The van der Waals surface area contributed by atoms with Crippen molar-refractivity contribution in [1.82, 2.24) is 10.5 Å². The van der Waals surface area contributed by atoms with Crippen LogP contribution >= 0.6 is 11.3 Å². The molecule has 7 heteroatoms. The molecule has 0 bridgehead atoms. The van der Waals surface area contributed by atoms with Crippen molar-refractivity contribution in [1.29, 1.82) is 0 Å². The summed E-state index contributed by atoms with van der Waals surface area (Å²) in [6.45, 7) is 1.53. The molecule has 6 nitrogen and oxygen atoms in total. The Morgan fingerprint density at radius 3 is 2.93 bits per heavy atom. The predicted molar refractivity (Wildman–Crippen MR) is 53.8 cm³/mol. The summed E-state index contributed by atoms with van der Waals surface area (Å²) in [4.78, 5) is 30.1. The summed E-state index contributed by atoms with van der Waals surface area (Å²) in [5.74, 6) is -0.999. The summed E-state index contributed by atoms with van der Waals surface area (Å²) in [6, 6.07) is 0. The Morgan fingerprint density at radius 2 is 2.40 bits per heavy atom. The van der Waals surface area contributed by atoms with Crippen molar-refractivity contribution in [2.24, 2.45) is 5.73 Å². The number of amides is 2. The maximum absolute atomic E-state index is 11.2. The minimum absolute atomic E-state index is 0.128. The Kier molecular flexibility index (Phi) is 4.19. The molecule has 0 fully saturated rings. The van der Waals surface area contributed by atoms with Gasteiger partial charge in [0.05, 0.1) is 17.1 Å². The number of nitrogens with zero attached hydrogens (tertiary/aromatic N) is 1. The second-order valence-corrected chi connectivity index (χ2v) is 3.88. The molecule has 1 rings (SSSR count). The van der Waals surface area contributed by atoms with Crippen LogP contribution in [0.2, 0.25) is 0 Å². The Labute approximate surface area is 90.4 Å². The molecular formula is C8H11N3O3S. The average molecular weight is 229 g/mol. The normalized spacial score (nSPS) is 9.93. The summed E-state index contributed by atoms with van der Waals surface area (Å²) in [5.41, 5.74) is 7.58. The van der Waals surface area contributed by atoms with Crippen molar-refractivity contribution >= 4 is 23.2 Å². The number of nitrogens with two attached hydrogens (primary N) is 1. The molecule has 2 amide bonds. The second-order valence-electron chi connectivity index (χ2n) is 2.81. The van der Waals surface area contributed by atoms with E-state index in [1.54, 1.807) is 5.38 Å². The van der Waals surface area contributed by atoms with Gasteiger partial charge < -0.3 is 5.73 Å².